The number of rotatable bonds is 7. The molecular weight excluding hydrogens is 162 g/mol. The van der Waals surface area contributed by atoms with E-state index in [2.05, 4.69) is 19.2 Å². The molecule has 0 aliphatic carbocycles. The van der Waals surface area contributed by atoms with Crippen LogP contribution in [0.4, 0.5) is 0 Å². The highest BCUT2D eigenvalue weighted by atomic mass is 16.1. The Bertz CT molecular complexity index is 134. The van der Waals surface area contributed by atoms with Gasteiger partial charge in [-0.05, 0) is 18.8 Å². The van der Waals surface area contributed by atoms with Crippen molar-refractivity contribution >= 4 is 5.91 Å². The van der Waals surface area contributed by atoms with E-state index in [0.717, 1.165) is 18.9 Å². The Kier molecular flexibility index (Phi) is 7.76. The summed E-state index contributed by atoms with van der Waals surface area (Å²) < 4.78 is 0. The van der Waals surface area contributed by atoms with Crippen LogP contribution in [0.5, 0.6) is 0 Å². The number of carbonyl (C=O) groups excluding carboxylic acids is 1. The summed E-state index contributed by atoms with van der Waals surface area (Å²) in [6.45, 7) is 6.93. The number of amides is 1. The molecule has 0 aliphatic rings. The number of nitrogens with one attached hydrogen (secondary N) is 1. The highest BCUT2D eigenvalue weighted by molar-refractivity contribution is 5.72. The van der Waals surface area contributed by atoms with E-state index in [-0.39, 0.29) is 5.91 Å². The maximum atomic E-state index is 10.5. The number of unbranched alkanes of at least 4 members (excludes halogenated alkanes) is 1. The molecule has 1 atom stereocenters. The summed E-state index contributed by atoms with van der Waals surface area (Å²) in [5.41, 5.74) is 0. The SMILES string of the molecule is CCCCC(C)CCCNC(C)=O. The van der Waals surface area contributed by atoms with Crippen molar-refractivity contribution in [1.82, 2.24) is 5.32 Å². The van der Waals surface area contributed by atoms with Crippen molar-refractivity contribution in [2.45, 2.75) is 52.9 Å². The molecule has 2 nitrogen and oxygen atoms in total. The second-order valence-electron chi connectivity index (χ2n) is 3.87. The lowest BCUT2D eigenvalue weighted by molar-refractivity contribution is -0.118. The molecule has 13 heavy (non-hydrogen) atoms. The molecule has 0 saturated heterocycles. The molecule has 0 fully saturated rings. The number of hydrogen-bond acceptors (Lipinski definition) is 1. The Hall–Kier alpha value is -0.530. The minimum Gasteiger partial charge on any atom is -0.356 e. The molecule has 78 valence electrons. The van der Waals surface area contributed by atoms with E-state index in [1.165, 1.54) is 25.7 Å². The monoisotopic (exact) mass is 185 g/mol. The first-order chi connectivity index (χ1) is 6.16. The van der Waals surface area contributed by atoms with E-state index < -0.39 is 0 Å². The molecule has 0 radical (unpaired) electrons. The summed E-state index contributed by atoms with van der Waals surface area (Å²) in [6.07, 6.45) is 6.30. The summed E-state index contributed by atoms with van der Waals surface area (Å²) in [7, 11) is 0. The maximum absolute atomic E-state index is 10.5. The van der Waals surface area contributed by atoms with Gasteiger partial charge in [0.05, 0.1) is 0 Å². The standard InChI is InChI=1S/C11H23NO/c1-4-5-7-10(2)8-6-9-12-11(3)13/h10H,4-9H2,1-3H3,(H,12,13). The zero-order chi connectivity index (χ0) is 10.1. The van der Waals surface area contributed by atoms with E-state index in [4.69, 9.17) is 0 Å². The molecule has 0 aromatic carbocycles. The van der Waals surface area contributed by atoms with Gasteiger partial charge in [0.15, 0.2) is 0 Å². The topological polar surface area (TPSA) is 29.1 Å². The third-order valence-electron chi connectivity index (χ3n) is 2.30. The lowest BCUT2D eigenvalue weighted by Crippen LogP contribution is -2.21. The van der Waals surface area contributed by atoms with Gasteiger partial charge in [-0.3, -0.25) is 4.79 Å². The number of hydrogen-bond donors (Lipinski definition) is 1. The predicted molar refractivity (Wildman–Crippen MR) is 56.6 cm³/mol. The minimum absolute atomic E-state index is 0.0845. The summed E-state index contributed by atoms with van der Waals surface area (Å²) >= 11 is 0. The van der Waals surface area contributed by atoms with Crippen molar-refractivity contribution in [3.8, 4) is 0 Å². The van der Waals surface area contributed by atoms with Crippen LogP contribution < -0.4 is 5.32 Å². The maximum Gasteiger partial charge on any atom is 0.216 e. The van der Waals surface area contributed by atoms with E-state index in [0.29, 0.717) is 0 Å². The molecule has 0 heterocycles. The van der Waals surface area contributed by atoms with Crippen LogP contribution in [0.3, 0.4) is 0 Å². The minimum atomic E-state index is 0.0845. The van der Waals surface area contributed by atoms with Crippen LogP contribution in [0, 0.1) is 5.92 Å². The molecule has 0 bridgehead atoms. The Balaban J connectivity index is 3.16. The fraction of sp³-hybridized carbons (Fsp3) is 0.909. The van der Waals surface area contributed by atoms with Crippen LogP contribution in [0.2, 0.25) is 0 Å². The molecule has 0 aromatic rings. The van der Waals surface area contributed by atoms with Crippen molar-refractivity contribution in [3.05, 3.63) is 0 Å². The van der Waals surface area contributed by atoms with Gasteiger partial charge < -0.3 is 5.32 Å². The second kappa shape index (κ2) is 8.09. The molecular formula is C11H23NO. The van der Waals surface area contributed by atoms with Crippen LogP contribution in [0.1, 0.15) is 52.9 Å². The quantitative estimate of drug-likeness (QED) is 0.607. The van der Waals surface area contributed by atoms with Gasteiger partial charge in [-0.2, -0.15) is 0 Å². The zero-order valence-corrected chi connectivity index (χ0v) is 9.23. The lowest BCUT2D eigenvalue weighted by atomic mass is 9.99. The van der Waals surface area contributed by atoms with Gasteiger partial charge in [-0.25, -0.2) is 0 Å². The first-order valence-electron chi connectivity index (χ1n) is 5.41. The highest BCUT2D eigenvalue weighted by Crippen LogP contribution is 2.12. The van der Waals surface area contributed by atoms with Gasteiger partial charge in [0.25, 0.3) is 0 Å². The van der Waals surface area contributed by atoms with Crippen molar-refractivity contribution in [2.75, 3.05) is 6.54 Å². The molecule has 0 aromatic heterocycles. The average Bonchev–Trinajstić information content (AvgIpc) is 2.08. The molecule has 0 saturated carbocycles. The van der Waals surface area contributed by atoms with Gasteiger partial charge in [0, 0.05) is 13.5 Å². The summed E-state index contributed by atoms with van der Waals surface area (Å²) in [5.74, 6) is 0.898. The van der Waals surface area contributed by atoms with Gasteiger partial charge >= 0.3 is 0 Å². The summed E-state index contributed by atoms with van der Waals surface area (Å²) in [4.78, 5) is 10.5. The molecule has 1 unspecified atom stereocenters. The highest BCUT2D eigenvalue weighted by Gasteiger charge is 2.00. The zero-order valence-electron chi connectivity index (χ0n) is 9.23. The number of carbonyl (C=O) groups is 1. The van der Waals surface area contributed by atoms with Gasteiger partial charge in [0.2, 0.25) is 5.91 Å². The Morgan fingerprint density at radius 2 is 1.92 bits per heavy atom. The van der Waals surface area contributed by atoms with Gasteiger partial charge in [-0.15, -0.1) is 0 Å². The van der Waals surface area contributed by atoms with Crippen molar-refractivity contribution in [1.29, 1.82) is 0 Å². The van der Waals surface area contributed by atoms with Crippen LogP contribution >= 0.6 is 0 Å². The molecule has 2 heteroatoms. The van der Waals surface area contributed by atoms with E-state index >= 15 is 0 Å². The largest absolute Gasteiger partial charge is 0.356 e. The first kappa shape index (κ1) is 12.5. The van der Waals surface area contributed by atoms with Gasteiger partial charge in [0.1, 0.15) is 0 Å². The predicted octanol–water partition coefficient (Wildman–Crippen LogP) is 2.73. The molecule has 0 spiro atoms. The normalized spacial score (nSPS) is 12.5. The van der Waals surface area contributed by atoms with Crippen molar-refractivity contribution in [2.24, 2.45) is 5.92 Å². The van der Waals surface area contributed by atoms with Crippen LogP contribution in [0.15, 0.2) is 0 Å². The van der Waals surface area contributed by atoms with E-state index in [1.54, 1.807) is 6.92 Å². The van der Waals surface area contributed by atoms with E-state index in [9.17, 15) is 4.79 Å². The van der Waals surface area contributed by atoms with Crippen molar-refractivity contribution < 1.29 is 4.79 Å². The fourth-order valence-electron chi connectivity index (χ4n) is 1.41. The third-order valence-corrected chi connectivity index (χ3v) is 2.30. The first-order valence-corrected chi connectivity index (χ1v) is 5.41. The average molecular weight is 185 g/mol. The fourth-order valence-corrected chi connectivity index (χ4v) is 1.41. The molecule has 1 N–H and O–H groups in total. The Morgan fingerprint density at radius 1 is 1.31 bits per heavy atom. The lowest BCUT2D eigenvalue weighted by Gasteiger charge is -2.10. The van der Waals surface area contributed by atoms with Gasteiger partial charge in [-0.1, -0.05) is 33.1 Å². The third kappa shape index (κ3) is 9.38. The van der Waals surface area contributed by atoms with Crippen molar-refractivity contribution in [3.63, 3.8) is 0 Å². The smallest absolute Gasteiger partial charge is 0.216 e. The summed E-state index contributed by atoms with van der Waals surface area (Å²) in [5, 5.41) is 2.82. The van der Waals surface area contributed by atoms with E-state index in [1.807, 2.05) is 0 Å². The molecule has 0 rings (SSSR count). The Labute approximate surface area is 82.1 Å². The Morgan fingerprint density at radius 3 is 2.46 bits per heavy atom. The van der Waals surface area contributed by atoms with Crippen LogP contribution in [-0.2, 0) is 4.79 Å². The molecule has 0 aliphatic heterocycles. The van der Waals surface area contributed by atoms with Crippen LogP contribution in [-0.4, -0.2) is 12.5 Å². The van der Waals surface area contributed by atoms with Crippen LogP contribution in [0.25, 0.3) is 0 Å². The molecule has 1 amide bonds. The second-order valence-corrected chi connectivity index (χ2v) is 3.87. The summed E-state index contributed by atoms with van der Waals surface area (Å²) in [6, 6.07) is 0.